The third-order valence-corrected chi connectivity index (χ3v) is 0.750. The molecular weight excluding hydrogens is 66.1 g/mol. The molecule has 0 aliphatic rings. The van der Waals surface area contributed by atoms with Crippen LogP contribution in [0.15, 0.2) is 0 Å². The topological polar surface area (TPSA) is 12.0 Å². The highest BCUT2D eigenvalue weighted by atomic mass is 28.2. The van der Waals surface area contributed by atoms with Crippen LogP contribution in [-0.4, -0.2) is 16.7 Å². The van der Waals surface area contributed by atoms with Crippen LogP contribution in [0.2, 0.25) is 6.55 Å². The molecule has 2 heteroatoms. The van der Waals surface area contributed by atoms with Gasteiger partial charge in [0.2, 0.25) is 0 Å². The second kappa shape index (κ2) is 3.18. The molecule has 0 amide bonds. The van der Waals surface area contributed by atoms with Gasteiger partial charge in [-0.25, -0.2) is 0 Å². The molecule has 0 aromatic heterocycles. The van der Waals surface area contributed by atoms with Gasteiger partial charge in [0.1, 0.15) is 9.68 Å². The van der Waals surface area contributed by atoms with Crippen molar-refractivity contribution in [2.24, 2.45) is 0 Å². The van der Waals surface area contributed by atoms with Gasteiger partial charge in [0.05, 0.1) is 0 Å². The van der Waals surface area contributed by atoms with Crippen LogP contribution >= 0.6 is 0 Å². The molecule has 0 aliphatic heterocycles. The molecule has 0 atom stereocenters. The summed E-state index contributed by atoms with van der Waals surface area (Å²) in [5.41, 5.74) is 0. The molecule has 1 N–H and O–H groups in total. The molecule has 1 nitrogen and oxygen atoms in total. The summed E-state index contributed by atoms with van der Waals surface area (Å²) in [6.45, 7) is 2.10. The van der Waals surface area contributed by atoms with Crippen LogP contribution in [0, 0.1) is 0 Å². The van der Waals surface area contributed by atoms with Crippen molar-refractivity contribution in [1.82, 2.24) is 4.98 Å². The lowest BCUT2D eigenvalue weighted by Crippen LogP contribution is -2.06. The summed E-state index contributed by atoms with van der Waals surface area (Å²) in [7, 11) is 2.83. The van der Waals surface area contributed by atoms with Gasteiger partial charge in [-0.1, -0.05) is 6.55 Å². The van der Waals surface area contributed by atoms with E-state index in [2.05, 4.69) is 11.5 Å². The van der Waals surface area contributed by atoms with Crippen molar-refractivity contribution in [1.29, 1.82) is 0 Å². The molecule has 4 heavy (non-hydrogen) atoms. The number of rotatable bonds is 1. The van der Waals surface area contributed by atoms with Gasteiger partial charge in [0.25, 0.3) is 0 Å². The van der Waals surface area contributed by atoms with E-state index in [1.807, 2.05) is 7.05 Å². The third-order valence-electron chi connectivity index (χ3n) is 0.250. The molecule has 0 rings (SSSR count). The van der Waals surface area contributed by atoms with Gasteiger partial charge in [-0.15, -0.1) is 0 Å². The Bertz CT molecular complexity index is 8.00. The summed E-state index contributed by atoms with van der Waals surface area (Å²) >= 11 is 0. The predicted molar refractivity (Wildman–Crippen MR) is 20.7 cm³/mol. The highest BCUT2D eigenvalue weighted by Gasteiger charge is 1.55. The molecule has 0 spiro atoms. The van der Waals surface area contributed by atoms with Crippen molar-refractivity contribution in [2.45, 2.75) is 6.55 Å². The summed E-state index contributed by atoms with van der Waals surface area (Å²) < 4.78 is 0. The summed E-state index contributed by atoms with van der Waals surface area (Å²) in [6, 6.07) is 0. The van der Waals surface area contributed by atoms with Gasteiger partial charge < -0.3 is 4.98 Å². The Morgan fingerprint density at radius 1 is 1.75 bits per heavy atom. The van der Waals surface area contributed by atoms with E-state index in [9.17, 15) is 0 Å². The second-order valence-corrected chi connectivity index (χ2v) is 1.50. The zero-order chi connectivity index (χ0) is 3.41. The average Bonchev–Trinajstić information content (AvgIpc) is 1.37. The maximum absolute atomic E-state index is 2.96. The Balaban J connectivity index is 1.97. The Morgan fingerprint density at radius 3 is 2.00 bits per heavy atom. The van der Waals surface area contributed by atoms with Crippen LogP contribution in [0.3, 0.4) is 0 Å². The maximum atomic E-state index is 2.96. The van der Waals surface area contributed by atoms with Crippen LogP contribution in [0.1, 0.15) is 0 Å². The van der Waals surface area contributed by atoms with E-state index in [1.54, 1.807) is 0 Å². The Hall–Kier alpha value is 0.177. The third kappa shape index (κ3) is 2.18. The quantitative estimate of drug-likeness (QED) is 0.426. The van der Waals surface area contributed by atoms with E-state index < -0.39 is 0 Å². The van der Waals surface area contributed by atoms with Gasteiger partial charge in [0, 0.05) is 0 Å². The first-order chi connectivity index (χ1) is 1.91. The van der Waals surface area contributed by atoms with Gasteiger partial charge in [0.15, 0.2) is 0 Å². The fourth-order valence-electron chi connectivity index (χ4n) is 0. The lowest BCUT2D eigenvalue weighted by atomic mass is 11.6. The average molecular weight is 73.2 g/mol. The zero-order valence-electron chi connectivity index (χ0n) is 3.00. The highest BCUT2D eigenvalue weighted by Crippen LogP contribution is 1.30. The number of nitrogens with one attached hydrogen (secondary N) is 1. The normalized spacial score (nSPS) is 7.50. The standard InChI is InChI=1S/C2H7NSi/c1-3-4-2/h3H,1-2H3. The van der Waals surface area contributed by atoms with Crippen molar-refractivity contribution >= 4 is 9.68 Å². The van der Waals surface area contributed by atoms with E-state index in [4.69, 9.17) is 0 Å². The van der Waals surface area contributed by atoms with E-state index in [1.165, 1.54) is 0 Å². The minimum atomic E-state index is 0.890. The van der Waals surface area contributed by atoms with Crippen LogP contribution in [0.25, 0.3) is 0 Å². The molecule has 0 heterocycles. The maximum Gasteiger partial charge on any atom is 0.135 e. The first-order valence-electron chi connectivity index (χ1n) is 1.25. The van der Waals surface area contributed by atoms with Crippen LogP contribution in [0.4, 0.5) is 0 Å². The molecule has 0 aromatic carbocycles. The molecule has 0 fully saturated rings. The van der Waals surface area contributed by atoms with E-state index in [0.29, 0.717) is 0 Å². The summed E-state index contributed by atoms with van der Waals surface area (Å²) in [6.07, 6.45) is 0. The van der Waals surface area contributed by atoms with Gasteiger partial charge in [-0.3, -0.25) is 0 Å². The first kappa shape index (κ1) is 4.18. The monoisotopic (exact) mass is 73.0 g/mol. The van der Waals surface area contributed by atoms with Gasteiger partial charge in [-0.05, 0) is 7.05 Å². The second-order valence-electron chi connectivity index (χ2n) is 0.500. The van der Waals surface area contributed by atoms with Gasteiger partial charge >= 0.3 is 0 Å². The van der Waals surface area contributed by atoms with Gasteiger partial charge in [-0.2, -0.15) is 0 Å². The molecule has 0 saturated heterocycles. The van der Waals surface area contributed by atoms with E-state index >= 15 is 0 Å². The van der Waals surface area contributed by atoms with Crippen LogP contribution < -0.4 is 4.98 Å². The SMILES string of the molecule is CN[Si]C. The number of hydrogen-bond donors (Lipinski definition) is 1. The first-order valence-corrected chi connectivity index (χ1v) is 2.75. The lowest BCUT2D eigenvalue weighted by Gasteiger charge is -1.72. The Kier molecular flexibility index (Phi) is 3.32. The fraction of sp³-hybridized carbons (Fsp3) is 1.00. The molecule has 2 radical (unpaired) electrons. The smallest absolute Gasteiger partial charge is 0.135 e. The zero-order valence-corrected chi connectivity index (χ0v) is 4.00. The predicted octanol–water partition coefficient (Wildman–Crippen LogP) is -0.127. The highest BCUT2D eigenvalue weighted by molar-refractivity contribution is 6.29. The molecule has 0 unspecified atom stereocenters. The summed E-state index contributed by atoms with van der Waals surface area (Å²) in [4.78, 5) is 2.96. The minimum absolute atomic E-state index is 0.890. The fourth-order valence-corrected chi connectivity index (χ4v) is 0. The number of hydrogen-bond acceptors (Lipinski definition) is 1. The van der Waals surface area contributed by atoms with Crippen LogP contribution in [0.5, 0.6) is 0 Å². The minimum Gasteiger partial charge on any atom is -0.342 e. The van der Waals surface area contributed by atoms with Crippen LogP contribution in [-0.2, 0) is 0 Å². The summed E-state index contributed by atoms with van der Waals surface area (Å²) in [5, 5.41) is 0. The van der Waals surface area contributed by atoms with Crippen molar-refractivity contribution < 1.29 is 0 Å². The Labute approximate surface area is 29.3 Å². The van der Waals surface area contributed by atoms with E-state index in [0.717, 1.165) is 9.68 Å². The Morgan fingerprint density at radius 2 is 2.00 bits per heavy atom. The van der Waals surface area contributed by atoms with Crippen molar-refractivity contribution in [2.75, 3.05) is 7.05 Å². The molecular formula is C2H7NSi. The largest absolute Gasteiger partial charge is 0.342 e. The molecule has 0 bridgehead atoms. The molecule has 24 valence electrons. The van der Waals surface area contributed by atoms with E-state index in [-0.39, 0.29) is 0 Å². The lowest BCUT2D eigenvalue weighted by molar-refractivity contribution is 1.25. The van der Waals surface area contributed by atoms with Crippen molar-refractivity contribution in [3.63, 3.8) is 0 Å². The molecule has 0 saturated carbocycles. The summed E-state index contributed by atoms with van der Waals surface area (Å²) in [5.74, 6) is 0. The van der Waals surface area contributed by atoms with Crippen molar-refractivity contribution in [3.8, 4) is 0 Å². The molecule has 0 aliphatic carbocycles. The van der Waals surface area contributed by atoms with Crippen molar-refractivity contribution in [3.05, 3.63) is 0 Å². The molecule has 0 aromatic rings.